The molecule has 0 atom stereocenters. The summed E-state index contributed by atoms with van der Waals surface area (Å²) in [6, 6.07) is 0.619. The fraction of sp³-hybridized carbons (Fsp3) is 0.600. The second-order valence-electron chi connectivity index (χ2n) is 5.60. The zero-order valence-electron chi connectivity index (χ0n) is 12.3. The smallest absolute Gasteiger partial charge is 0.0825 e. The molecule has 108 valence electrons. The summed E-state index contributed by atoms with van der Waals surface area (Å²) in [5, 5.41) is 12.4. The van der Waals surface area contributed by atoms with Gasteiger partial charge in [0.15, 0.2) is 0 Å². The Morgan fingerprint density at radius 3 is 2.80 bits per heavy atom. The molecular weight excluding hydrogens is 250 g/mol. The number of rotatable bonds is 5. The third-order valence-corrected chi connectivity index (χ3v) is 4.11. The third-order valence-electron chi connectivity index (χ3n) is 4.11. The lowest BCUT2D eigenvalue weighted by Gasteiger charge is -2.08. The molecule has 0 radical (unpaired) electrons. The number of hydrogen-bond acceptors (Lipinski definition) is 3. The number of hydrogen-bond donors (Lipinski definition) is 1. The van der Waals surface area contributed by atoms with Crippen molar-refractivity contribution < 1.29 is 0 Å². The standard InChI is InChI=1S/C15H23N5/c1-3-19-11-15(12(2)18-19)16-8-13-9-17-20(10-13)14-6-4-5-7-14/h9-11,14,16H,3-8H2,1-2H3. The van der Waals surface area contributed by atoms with Gasteiger partial charge in [-0.1, -0.05) is 12.8 Å². The first-order chi connectivity index (χ1) is 9.76. The largest absolute Gasteiger partial charge is 0.378 e. The van der Waals surface area contributed by atoms with E-state index in [1.165, 1.54) is 31.2 Å². The summed E-state index contributed by atoms with van der Waals surface area (Å²) in [6.45, 7) is 5.85. The minimum Gasteiger partial charge on any atom is -0.378 e. The van der Waals surface area contributed by atoms with Gasteiger partial charge in [0.25, 0.3) is 0 Å². The van der Waals surface area contributed by atoms with Crippen molar-refractivity contribution in [3.05, 3.63) is 29.8 Å². The molecule has 0 amide bonds. The molecule has 0 aliphatic heterocycles. The van der Waals surface area contributed by atoms with Gasteiger partial charge in [-0.05, 0) is 26.7 Å². The highest BCUT2D eigenvalue weighted by molar-refractivity contribution is 5.45. The van der Waals surface area contributed by atoms with Crippen LogP contribution in [0.5, 0.6) is 0 Å². The van der Waals surface area contributed by atoms with Gasteiger partial charge in [-0.3, -0.25) is 9.36 Å². The minimum atomic E-state index is 0.619. The van der Waals surface area contributed by atoms with Crippen molar-refractivity contribution >= 4 is 5.69 Å². The second kappa shape index (κ2) is 5.69. The lowest BCUT2D eigenvalue weighted by Crippen LogP contribution is -2.04. The maximum Gasteiger partial charge on any atom is 0.0825 e. The number of anilines is 1. The first-order valence-corrected chi connectivity index (χ1v) is 7.57. The van der Waals surface area contributed by atoms with Gasteiger partial charge in [0.05, 0.1) is 23.6 Å². The molecule has 3 rings (SSSR count). The van der Waals surface area contributed by atoms with Crippen LogP contribution in [0, 0.1) is 6.92 Å². The molecule has 5 nitrogen and oxygen atoms in total. The molecule has 2 heterocycles. The van der Waals surface area contributed by atoms with Crippen LogP contribution in [-0.4, -0.2) is 19.6 Å². The predicted molar refractivity (Wildman–Crippen MR) is 79.7 cm³/mol. The van der Waals surface area contributed by atoms with E-state index in [0.29, 0.717) is 6.04 Å². The number of nitrogens with zero attached hydrogens (tertiary/aromatic N) is 4. The summed E-state index contributed by atoms with van der Waals surface area (Å²) in [5.41, 5.74) is 3.40. The van der Waals surface area contributed by atoms with E-state index in [1.807, 2.05) is 17.8 Å². The second-order valence-corrected chi connectivity index (χ2v) is 5.60. The van der Waals surface area contributed by atoms with Crippen LogP contribution in [0.4, 0.5) is 5.69 Å². The van der Waals surface area contributed by atoms with Crippen molar-refractivity contribution in [2.45, 2.75) is 58.7 Å². The molecule has 0 spiro atoms. The van der Waals surface area contributed by atoms with Crippen LogP contribution in [0.25, 0.3) is 0 Å². The highest BCUT2D eigenvalue weighted by Gasteiger charge is 2.17. The summed E-state index contributed by atoms with van der Waals surface area (Å²) in [7, 11) is 0. The summed E-state index contributed by atoms with van der Waals surface area (Å²) in [6.07, 6.45) is 11.5. The molecule has 1 aliphatic rings. The topological polar surface area (TPSA) is 47.7 Å². The van der Waals surface area contributed by atoms with Crippen LogP contribution in [0.3, 0.4) is 0 Å². The van der Waals surface area contributed by atoms with E-state index in [4.69, 9.17) is 0 Å². The van der Waals surface area contributed by atoms with Gasteiger partial charge in [-0.25, -0.2) is 0 Å². The fourth-order valence-corrected chi connectivity index (χ4v) is 2.89. The average Bonchev–Trinajstić information content (AvgIpc) is 3.17. The Balaban J connectivity index is 1.61. The third kappa shape index (κ3) is 2.71. The SMILES string of the molecule is CCn1cc(NCc2cnn(C3CCCC3)c2)c(C)n1. The molecule has 5 heteroatoms. The van der Waals surface area contributed by atoms with Crippen molar-refractivity contribution in [2.75, 3.05) is 5.32 Å². The molecule has 0 saturated heterocycles. The Bertz CT molecular complexity index is 563. The van der Waals surface area contributed by atoms with Crippen molar-refractivity contribution in [1.29, 1.82) is 0 Å². The number of aryl methyl sites for hydroxylation is 2. The molecule has 1 fully saturated rings. The number of aromatic nitrogens is 4. The Labute approximate surface area is 120 Å². The molecule has 2 aromatic rings. The highest BCUT2D eigenvalue weighted by atomic mass is 15.3. The Kier molecular flexibility index (Phi) is 3.76. The summed E-state index contributed by atoms with van der Waals surface area (Å²) < 4.78 is 4.10. The Hall–Kier alpha value is -1.78. The minimum absolute atomic E-state index is 0.619. The molecule has 1 N–H and O–H groups in total. The first kappa shape index (κ1) is 13.2. The quantitative estimate of drug-likeness (QED) is 0.910. The van der Waals surface area contributed by atoms with E-state index in [9.17, 15) is 0 Å². The Morgan fingerprint density at radius 2 is 2.10 bits per heavy atom. The van der Waals surface area contributed by atoms with Crippen LogP contribution >= 0.6 is 0 Å². The molecule has 0 unspecified atom stereocenters. The van der Waals surface area contributed by atoms with E-state index in [1.54, 1.807) is 0 Å². The van der Waals surface area contributed by atoms with E-state index in [-0.39, 0.29) is 0 Å². The summed E-state index contributed by atoms with van der Waals surface area (Å²) >= 11 is 0. The van der Waals surface area contributed by atoms with Gasteiger partial charge in [0.1, 0.15) is 0 Å². The van der Waals surface area contributed by atoms with E-state index < -0.39 is 0 Å². The van der Waals surface area contributed by atoms with Crippen LogP contribution in [0.15, 0.2) is 18.6 Å². The van der Waals surface area contributed by atoms with Crippen LogP contribution in [0.1, 0.15) is 49.9 Å². The van der Waals surface area contributed by atoms with Crippen LogP contribution in [0.2, 0.25) is 0 Å². The maximum absolute atomic E-state index is 4.51. The molecule has 20 heavy (non-hydrogen) atoms. The monoisotopic (exact) mass is 273 g/mol. The molecule has 2 aromatic heterocycles. The van der Waals surface area contributed by atoms with Gasteiger partial charge >= 0.3 is 0 Å². The molecule has 0 bridgehead atoms. The van der Waals surface area contributed by atoms with Crippen LogP contribution in [-0.2, 0) is 13.1 Å². The molecule has 1 aliphatic carbocycles. The highest BCUT2D eigenvalue weighted by Crippen LogP contribution is 2.28. The van der Waals surface area contributed by atoms with Crippen LogP contribution < -0.4 is 5.32 Å². The predicted octanol–water partition coefficient (Wildman–Crippen LogP) is 3.14. The van der Waals surface area contributed by atoms with Gasteiger partial charge in [-0.15, -0.1) is 0 Å². The maximum atomic E-state index is 4.51. The van der Waals surface area contributed by atoms with Crippen molar-refractivity contribution in [1.82, 2.24) is 19.6 Å². The fourth-order valence-electron chi connectivity index (χ4n) is 2.89. The van der Waals surface area contributed by atoms with Gasteiger partial charge in [-0.2, -0.15) is 10.2 Å². The zero-order valence-corrected chi connectivity index (χ0v) is 12.3. The Morgan fingerprint density at radius 1 is 1.30 bits per heavy atom. The van der Waals surface area contributed by atoms with Crippen molar-refractivity contribution in [2.24, 2.45) is 0 Å². The van der Waals surface area contributed by atoms with E-state index in [2.05, 4.69) is 39.5 Å². The van der Waals surface area contributed by atoms with Gasteiger partial charge in [0, 0.05) is 31.0 Å². The summed E-state index contributed by atoms with van der Waals surface area (Å²) in [5.74, 6) is 0. The average molecular weight is 273 g/mol. The molecular formula is C15H23N5. The van der Waals surface area contributed by atoms with Gasteiger partial charge in [0.2, 0.25) is 0 Å². The van der Waals surface area contributed by atoms with E-state index in [0.717, 1.165) is 24.5 Å². The van der Waals surface area contributed by atoms with E-state index >= 15 is 0 Å². The van der Waals surface area contributed by atoms with Gasteiger partial charge < -0.3 is 5.32 Å². The van der Waals surface area contributed by atoms with Crippen molar-refractivity contribution in [3.8, 4) is 0 Å². The lowest BCUT2D eigenvalue weighted by atomic mass is 10.2. The molecule has 0 aromatic carbocycles. The van der Waals surface area contributed by atoms with Crippen molar-refractivity contribution in [3.63, 3.8) is 0 Å². The first-order valence-electron chi connectivity index (χ1n) is 7.57. The normalized spacial score (nSPS) is 15.9. The lowest BCUT2D eigenvalue weighted by molar-refractivity contribution is 0.466. The zero-order chi connectivity index (χ0) is 13.9. The molecule has 1 saturated carbocycles. The summed E-state index contributed by atoms with van der Waals surface area (Å²) in [4.78, 5) is 0. The number of nitrogens with one attached hydrogen (secondary N) is 1.